The van der Waals surface area contributed by atoms with E-state index in [-0.39, 0.29) is 12.4 Å². The Balaban J connectivity index is 2.15. The van der Waals surface area contributed by atoms with Crippen LogP contribution < -0.4 is 10.5 Å². The lowest BCUT2D eigenvalue weighted by Gasteiger charge is -2.11. The average molecular weight is 288 g/mol. The Morgan fingerprint density at radius 1 is 1.29 bits per heavy atom. The number of benzene rings is 2. The van der Waals surface area contributed by atoms with Gasteiger partial charge in [-0.05, 0) is 37.1 Å². The summed E-state index contributed by atoms with van der Waals surface area (Å²) in [4.78, 5) is 0. The fourth-order valence-electron chi connectivity index (χ4n) is 1.92. The zero-order chi connectivity index (χ0) is 15.4. The van der Waals surface area contributed by atoms with Gasteiger partial charge in [-0.15, -0.1) is 0 Å². The minimum atomic E-state index is -0.454. The van der Waals surface area contributed by atoms with E-state index in [1.54, 1.807) is 12.1 Å². The van der Waals surface area contributed by atoms with Crippen molar-refractivity contribution in [2.75, 3.05) is 0 Å². The summed E-state index contributed by atoms with van der Waals surface area (Å²) in [6, 6.07) is 10.1. The van der Waals surface area contributed by atoms with E-state index >= 15 is 0 Å². The molecule has 0 saturated heterocycles. The molecule has 5 heteroatoms. The monoisotopic (exact) mass is 288 g/mol. The molecule has 0 unspecified atom stereocenters. The molecule has 0 aliphatic heterocycles. The third kappa shape index (κ3) is 3.31. The lowest BCUT2D eigenvalue weighted by molar-refractivity contribution is 0.297. The lowest BCUT2D eigenvalue weighted by atomic mass is 10.1. The second-order valence-corrected chi connectivity index (χ2v) is 4.78. The van der Waals surface area contributed by atoms with Crippen LogP contribution in [0.5, 0.6) is 5.75 Å². The first kappa shape index (κ1) is 14.8. The number of hydrogen-bond donors (Lipinski definition) is 2. The molecule has 0 aliphatic carbocycles. The highest BCUT2D eigenvalue weighted by Crippen LogP contribution is 2.22. The first-order valence-corrected chi connectivity index (χ1v) is 6.48. The van der Waals surface area contributed by atoms with E-state index < -0.39 is 5.82 Å². The molecule has 2 rings (SSSR count). The summed E-state index contributed by atoms with van der Waals surface area (Å²) in [6.07, 6.45) is 0. The third-order valence-electron chi connectivity index (χ3n) is 3.39. The van der Waals surface area contributed by atoms with E-state index in [0.717, 1.165) is 16.9 Å². The van der Waals surface area contributed by atoms with E-state index in [1.807, 2.05) is 32.0 Å². The van der Waals surface area contributed by atoms with Crippen LogP contribution in [0.1, 0.15) is 22.3 Å². The van der Waals surface area contributed by atoms with Crippen molar-refractivity contribution >= 4 is 5.84 Å². The maximum absolute atomic E-state index is 14.0. The van der Waals surface area contributed by atoms with Crippen molar-refractivity contribution in [2.24, 2.45) is 10.9 Å². The number of ether oxygens (including phenoxy) is 1. The van der Waals surface area contributed by atoms with Crippen LogP contribution >= 0.6 is 0 Å². The van der Waals surface area contributed by atoms with Gasteiger partial charge in [0.15, 0.2) is 5.84 Å². The highest BCUT2D eigenvalue weighted by atomic mass is 19.1. The predicted molar refractivity (Wildman–Crippen MR) is 79.2 cm³/mol. The van der Waals surface area contributed by atoms with E-state index in [9.17, 15) is 4.39 Å². The maximum atomic E-state index is 14.0. The number of halogens is 1. The van der Waals surface area contributed by atoms with Gasteiger partial charge in [0.05, 0.1) is 0 Å². The van der Waals surface area contributed by atoms with Crippen LogP contribution in [0.25, 0.3) is 0 Å². The van der Waals surface area contributed by atoms with Crippen molar-refractivity contribution in [1.29, 1.82) is 0 Å². The van der Waals surface area contributed by atoms with Gasteiger partial charge in [0.1, 0.15) is 18.2 Å². The zero-order valence-corrected chi connectivity index (χ0v) is 11.9. The molecule has 2 aromatic rings. The van der Waals surface area contributed by atoms with E-state index in [2.05, 4.69) is 5.16 Å². The fourth-order valence-corrected chi connectivity index (χ4v) is 1.92. The summed E-state index contributed by atoms with van der Waals surface area (Å²) in [6.45, 7) is 4.07. The Hall–Kier alpha value is -2.56. The molecule has 110 valence electrons. The van der Waals surface area contributed by atoms with Crippen LogP contribution in [0.4, 0.5) is 4.39 Å². The molecule has 0 aliphatic rings. The first-order valence-electron chi connectivity index (χ1n) is 6.48. The lowest BCUT2D eigenvalue weighted by Crippen LogP contribution is -2.13. The normalized spacial score (nSPS) is 11.5. The Morgan fingerprint density at radius 2 is 2.05 bits per heavy atom. The summed E-state index contributed by atoms with van der Waals surface area (Å²) < 4.78 is 19.6. The third-order valence-corrected chi connectivity index (χ3v) is 3.39. The molecule has 0 saturated carbocycles. The highest BCUT2D eigenvalue weighted by Gasteiger charge is 2.08. The smallest absolute Gasteiger partial charge is 0.170 e. The summed E-state index contributed by atoms with van der Waals surface area (Å²) >= 11 is 0. The van der Waals surface area contributed by atoms with Gasteiger partial charge < -0.3 is 15.7 Å². The van der Waals surface area contributed by atoms with Crippen molar-refractivity contribution in [1.82, 2.24) is 0 Å². The van der Waals surface area contributed by atoms with Gasteiger partial charge in [0.25, 0.3) is 0 Å². The molecule has 0 spiro atoms. The molecule has 0 aromatic heterocycles. The summed E-state index contributed by atoms with van der Waals surface area (Å²) in [5.41, 5.74) is 8.30. The van der Waals surface area contributed by atoms with Gasteiger partial charge in [-0.3, -0.25) is 0 Å². The number of rotatable bonds is 4. The molecule has 0 bridgehead atoms. The average Bonchev–Trinajstić information content (AvgIpc) is 2.49. The molecule has 0 fully saturated rings. The SMILES string of the molecule is Cc1cccc(OCc2ccc(/C(N)=N/O)cc2F)c1C. The largest absolute Gasteiger partial charge is 0.489 e. The molecule has 21 heavy (non-hydrogen) atoms. The number of amidine groups is 1. The van der Waals surface area contributed by atoms with E-state index in [4.69, 9.17) is 15.7 Å². The molecule has 3 N–H and O–H groups in total. The van der Waals surface area contributed by atoms with Gasteiger partial charge >= 0.3 is 0 Å². The molecule has 0 radical (unpaired) electrons. The summed E-state index contributed by atoms with van der Waals surface area (Å²) in [7, 11) is 0. The van der Waals surface area contributed by atoms with Crippen molar-refractivity contribution in [2.45, 2.75) is 20.5 Å². The Morgan fingerprint density at radius 3 is 2.71 bits per heavy atom. The zero-order valence-electron chi connectivity index (χ0n) is 11.9. The van der Waals surface area contributed by atoms with Crippen molar-refractivity contribution in [3.05, 3.63) is 64.5 Å². The van der Waals surface area contributed by atoms with E-state index in [1.165, 1.54) is 6.07 Å². The minimum Gasteiger partial charge on any atom is -0.489 e. The van der Waals surface area contributed by atoms with Crippen LogP contribution in [0.3, 0.4) is 0 Å². The number of hydrogen-bond acceptors (Lipinski definition) is 3. The molecule has 0 heterocycles. The number of nitrogens with zero attached hydrogens (tertiary/aromatic N) is 1. The maximum Gasteiger partial charge on any atom is 0.170 e. The van der Waals surface area contributed by atoms with Crippen LogP contribution in [0.2, 0.25) is 0 Å². The molecule has 4 nitrogen and oxygen atoms in total. The molecule has 2 aromatic carbocycles. The van der Waals surface area contributed by atoms with Gasteiger partial charge in [0, 0.05) is 11.1 Å². The van der Waals surface area contributed by atoms with Crippen LogP contribution in [-0.2, 0) is 6.61 Å². The standard InChI is InChI=1S/C16H17FN2O2/c1-10-4-3-5-15(11(10)2)21-9-13-7-6-12(8-14(13)17)16(18)19-20/h3-8,20H,9H2,1-2H3,(H2,18,19). The van der Waals surface area contributed by atoms with Crippen LogP contribution in [0, 0.1) is 19.7 Å². The molecule has 0 amide bonds. The number of oxime groups is 1. The molecular formula is C16H17FN2O2. The minimum absolute atomic E-state index is 0.118. The van der Waals surface area contributed by atoms with Crippen molar-refractivity contribution in [3.63, 3.8) is 0 Å². The summed E-state index contributed by atoms with van der Waals surface area (Å²) in [5.74, 6) is 0.148. The number of aryl methyl sites for hydroxylation is 1. The topological polar surface area (TPSA) is 67.8 Å². The Bertz CT molecular complexity index is 684. The second-order valence-electron chi connectivity index (χ2n) is 4.78. The summed E-state index contributed by atoms with van der Waals surface area (Å²) in [5, 5.41) is 11.4. The van der Waals surface area contributed by atoms with Gasteiger partial charge in [-0.1, -0.05) is 29.4 Å². The fraction of sp³-hybridized carbons (Fsp3) is 0.188. The van der Waals surface area contributed by atoms with E-state index in [0.29, 0.717) is 11.1 Å². The Kier molecular flexibility index (Phi) is 4.42. The van der Waals surface area contributed by atoms with Gasteiger partial charge in [0.2, 0.25) is 0 Å². The van der Waals surface area contributed by atoms with Crippen LogP contribution in [0.15, 0.2) is 41.6 Å². The van der Waals surface area contributed by atoms with Crippen molar-refractivity contribution < 1.29 is 14.3 Å². The highest BCUT2D eigenvalue weighted by molar-refractivity contribution is 5.97. The Labute approximate surface area is 122 Å². The first-order chi connectivity index (χ1) is 10.0. The number of nitrogens with two attached hydrogens (primary N) is 1. The molecule has 0 atom stereocenters. The quantitative estimate of drug-likeness (QED) is 0.393. The van der Waals surface area contributed by atoms with Crippen LogP contribution in [-0.4, -0.2) is 11.0 Å². The molecular weight excluding hydrogens is 271 g/mol. The second kappa shape index (κ2) is 6.26. The van der Waals surface area contributed by atoms with Crippen molar-refractivity contribution in [3.8, 4) is 5.75 Å². The van der Waals surface area contributed by atoms with Gasteiger partial charge in [-0.2, -0.15) is 0 Å². The predicted octanol–water partition coefficient (Wildman–Crippen LogP) is 3.12. The van der Waals surface area contributed by atoms with Gasteiger partial charge in [-0.25, -0.2) is 4.39 Å².